The molecule has 0 spiro atoms. The van der Waals surface area contributed by atoms with Gasteiger partial charge in [-0.15, -0.1) is 0 Å². The number of carbonyl (C=O) groups is 1. The van der Waals surface area contributed by atoms with Crippen LogP contribution in [0.15, 0.2) is 54.9 Å². The van der Waals surface area contributed by atoms with Crippen LogP contribution in [0, 0.1) is 5.92 Å². The summed E-state index contributed by atoms with van der Waals surface area (Å²) in [5, 5.41) is 7.19. The Morgan fingerprint density at radius 2 is 2.00 bits per heavy atom. The first-order valence-electron chi connectivity index (χ1n) is 8.95. The summed E-state index contributed by atoms with van der Waals surface area (Å²) in [5.41, 5.74) is 3.13. The first kappa shape index (κ1) is 18.6. The van der Waals surface area contributed by atoms with Gasteiger partial charge in [0, 0.05) is 31.0 Å². The molecule has 27 heavy (non-hydrogen) atoms. The van der Waals surface area contributed by atoms with E-state index in [0.29, 0.717) is 24.7 Å². The highest BCUT2D eigenvalue weighted by Gasteiger charge is 2.20. The summed E-state index contributed by atoms with van der Waals surface area (Å²) in [4.78, 5) is 19.0. The van der Waals surface area contributed by atoms with Gasteiger partial charge in [0.15, 0.2) is 0 Å². The van der Waals surface area contributed by atoms with Crippen molar-refractivity contribution in [2.45, 2.75) is 20.4 Å². The molecule has 0 radical (unpaired) electrons. The van der Waals surface area contributed by atoms with Gasteiger partial charge in [-0.25, -0.2) is 0 Å². The number of hydrogen-bond acceptors (Lipinski definition) is 4. The molecule has 0 aliphatic rings. The minimum absolute atomic E-state index is 0.0696. The van der Waals surface area contributed by atoms with Crippen LogP contribution in [0.3, 0.4) is 0 Å². The predicted octanol–water partition coefficient (Wildman–Crippen LogP) is 3.78. The topological polar surface area (TPSA) is 71.1 Å². The number of pyridine rings is 1. The summed E-state index contributed by atoms with van der Waals surface area (Å²) in [5.74, 6) is 1.07. The van der Waals surface area contributed by atoms with Gasteiger partial charge in [-0.1, -0.05) is 19.9 Å². The van der Waals surface area contributed by atoms with Crippen LogP contribution in [-0.4, -0.2) is 39.6 Å². The Morgan fingerprint density at radius 3 is 2.63 bits per heavy atom. The molecule has 0 atom stereocenters. The molecule has 0 aliphatic carbocycles. The van der Waals surface area contributed by atoms with Crippen molar-refractivity contribution in [2.24, 2.45) is 5.92 Å². The fraction of sp³-hybridized carbons (Fsp3) is 0.286. The molecule has 3 rings (SSSR count). The van der Waals surface area contributed by atoms with E-state index in [9.17, 15) is 4.79 Å². The number of aromatic nitrogens is 3. The zero-order chi connectivity index (χ0) is 19.2. The fourth-order valence-electron chi connectivity index (χ4n) is 2.88. The second-order valence-electron chi connectivity index (χ2n) is 6.84. The molecule has 1 amide bonds. The third-order valence-electron chi connectivity index (χ3n) is 4.16. The van der Waals surface area contributed by atoms with Gasteiger partial charge in [-0.2, -0.15) is 5.10 Å². The van der Waals surface area contributed by atoms with Crippen LogP contribution in [0.1, 0.15) is 29.9 Å². The number of ether oxygens (including phenoxy) is 1. The van der Waals surface area contributed by atoms with Crippen LogP contribution in [0.25, 0.3) is 11.3 Å². The SMILES string of the molecule is COc1ccc(-c2cc(C(=O)N(Cc3cccnc3)CC(C)C)[nH]n2)cc1. The lowest BCUT2D eigenvalue weighted by Crippen LogP contribution is -2.34. The van der Waals surface area contributed by atoms with E-state index in [1.807, 2.05) is 41.3 Å². The number of benzene rings is 1. The molecular weight excluding hydrogens is 340 g/mol. The zero-order valence-corrected chi connectivity index (χ0v) is 15.8. The van der Waals surface area contributed by atoms with Gasteiger partial charge < -0.3 is 9.64 Å². The summed E-state index contributed by atoms with van der Waals surface area (Å²) < 4.78 is 5.18. The Hall–Kier alpha value is -3.15. The van der Waals surface area contributed by atoms with E-state index in [0.717, 1.165) is 22.6 Å². The lowest BCUT2D eigenvalue weighted by Gasteiger charge is -2.24. The summed E-state index contributed by atoms with van der Waals surface area (Å²) in [7, 11) is 1.63. The van der Waals surface area contributed by atoms with Gasteiger partial charge in [0.05, 0.1) is 12.8 Å². The first-order chi connectivity index (χ1) is 13.1. The van der Waals surface area contributed by atoms with Gasteiger partial charge in [0.2, 0.25) is 0 Å². The number of methoxy groups -OCH3 is 1. The summed E-state index contributed by atoms with van der Waals surface area (Å²) in [6, 6.07) is 13.2. The van der Waals surface area contributed by atoms with Gasteiger partial charge in [-0.05, 0) is 47.9 Å². The molecule has 6 heteroatoms. The number of amides is 1. The van der Waals surface area contributed by atoms with Crippen molar-refractivity contribution in [3.63, 3.8) is 0 Å². The van der Waals surface area contributed by atoms with Crippen LogP contribution < -0.4 is 4.74 Å². The molecular formula is C21H24N4O2. The van der Waals surface area contributed by atoms with E-state index in [-0.39, 0.29) is 5.91 Å². The molecule has 0 saturated carbocycles. The number of rotatable bonds is 7. The van der Waals surface area contributed by atoms with Crippen molar-refractivity contribution in [3.8, 4) is 17.0 Å². The number of carbonyl (C=O) groups excluding carboxylic acids is 1. The van der Waals surface area contributed by atoms with Crippen molar-refractivity contribution in [2.75, 3.05) is 13.7 Å². The van der Waals surface area contributed by atoms with E-state index in [1.54, 1.807) is 25.6 Å². The van der Waals surface area contributed by atoms with E-state index in [4.69, 9.17) is 4.74 Å². The third-order valence-corrected chi connectivity index (χ3v) is 4.16. The maximum Gasteiger partial charge on any atom is 0.272 e. The zero-order valence-electron chi connectivity index (χ0n) is 15.8. The van der Waals surface area contributed by atoms with Crippen LogP contribution in [0.5, 0.6) is 5.75 Å². The fourth-order valence-corrected chi connectivity index (χ4v) is 2.88. The van der Waals surface area contributed by atoms with Gasteiger partial charge in [0.25, 0.3) is 5.91 Å². The van der Waals surface area contributed by atoms with Crippen LogP contribution in [0.2, 0.25) is 0 Å². The molecule has 1 N–H and O–H groups in total. The van der Waals surface area contributed by atoms with Crippen LogP contribution in [0.4, 0.5) is 0 Å². The smallest absolute Gasteiger partial charge is 0.272 e. The average molecular weight is 364 g/mol. The Balaban J connectivity index is 1.80. The molecule has 0 unspecified atom stereocenters. The quantitative estimate of drug-likeness (QED) is 0.693. The first-order valence-corrected chi connectivity index (χ1v) is 8.95. The molecule has 0 saturated heterocycles. The summed E-state index contributed by atoms with van der Waals surface area (Å²) in [6.45, 7) is 5.37. The molecule has 2 aromatic heterocycles. The summed E-state index contributed by atoms with van der Waals surface area (Å²) >= 11 is 0. The second kappa shape index (κ2) is 8.49. The highest BCUT2D eigenvalue weighted by Crippen LogP contribution is 2.22. The number of nitrogens with one attached hydrogen (secondary N) is 1. The molecule has 3 aromatic rings. The molecule has 0 aliphatic heterocycles. The van der Waals surface area contributed by atoms with Crippen molar-refractivity contribution in [1.82, 2.24) is 20.1 Å². The Bertz CT molecular complexity index is 873. The van der Waals surface area contributed by atoms with E-state index in [2.05, 4.69) is 29.0 Å². The van der Waals surface area contributed by atoms with Gasteiger partial charge >= 0.3 is 0 Å². The predicted molar refractivity (Wildman–Crippen MR) is 104 cm³/mol. The maximum atomic E-state index is 13.0. The standard InChI is InChI=1S/C21H24N4O2/c1-15(2)13-25(14-16-5-4-10-22-12-16)21(26)20-11-19(23-24-20)17-6-8-18(27-3)9-7-17/h4-12,15H,13-14H2,1-3H3,(H,23,24). The minimum atomic E-state index is -0.0696. The van der Waals surface area contributed by atoms with Crippen molar-refractivity contribution < 1.29 is 9.53 Å². The summed E-state index contributed by atoms with van der Waals surface area (Å²) in [6.07, 6.45) is 3.52. The third kappa shape index (κ3) is 4.73. The molecule has 6 nitrogen and oxygen atoms in total. The largest absolute Gasteiger partial charge is 0.497 e. The highest BCUT2D eigenvalue weighted by molar-refractivity contribution is 5.93. The molecule has 0 bridgehead atoms. The molecule has 1 aromatic carbocycles. The Labute approximate surface area is 159 Å². The van der Waals surface area contributed by atoms with Crippen LogP contribution >= 0.6 is 0 Å². The second-order valence-corrected chi connectivity index (χ2v) is 6.84. The van der Waals surface area contributed by atoms with Crippen molar-refractivity contribution in [1.29, 1.82) is 0 Å². The number of aromatic amines is 1. The lowest BCUT2D eigenvalue weighted by molar-refractivity contribution is 0.0716. The highest BCUT2D eigenvalue weighted by atomic mass is 16.5. The van der Waals surface area contributed by atoms with Gasteiger partial charge in [0.1, 0.15) is 11.4 Å². The maximum absolute atomic E-state index is 13.0. The Kier molecular flexibility index (Phi) is 5.86. The van der Waals surface area contributed by atoms with E-state index in [1.165, 1.54) is 0 Å². The van der Waals surface area contributed by atoms with Crippen molar-refractivity contribution >= 4 is 5.91 Å². The number of H-pyrrole nitrogens is 1. The minimum Gasteiger partial charge on any atom is -0.497 e. The lowest BCUT2D eigenvalue weighted by atomic mass is 10.1. The number of hydrogen-bond donors (Lipinski definition) is 1. The van der Waals surface area contributed by atoms with Crippen molar-refractivity contribution in [3.05, 3.63) is 66.1 Å². The van der Waals surface area contributed by atoms with E-state index < -0.39 is 0 Å². The number of nitrogens with zero attached hydrogens (tertiary/aromatic N) is 3. The molecule has 0 fully saturated rings. The molecule has 2 heterocycles. The Morgan fingerprint density at radius 1 is 1.22 bits per heavy atom. The molecule has 140 valence electrons. The van der Waals surface area contributed by atoms with Crippen LogP contribution in [-0.2, 0) is 6.54 Å². The normalized spacial score (nSPS) is 10.8. The average Bonchev–Trinajstić information content (AvgIpc) is 3.17. The van der Waals surface area contributed by atoms with Gasteiger partial charge in [-0.3, -0.25) is 14.9 Å². The van der Waals surface area contributed by atoms with E-state index >= 15 is 0 Å². The monoisotopic (exact) mass is 364 g/mol.